The molecule has 0 fully saturated rings. The maximum absolute atomic E-state index is 13.5. The summed E-state index contributed by atoms with van der Waals surface area (Å²) in [6, 6.07) is 19.9. The van der Waals surface area contributed by atoms with Crippen molar-refractivity contribution in [1.29, 1.82) is 0 Å². The van der Waals surface area contributed by atoms with Gasteiger partial charge < -0.3 is 19.5 Å². The van der Waals surface area contributed by atoms with Crippen molar-refractivity contribution in [2.45, 2.75) is 32.8 Å². The molecule has 0 saturated heterocycles. The lowest BCUT2D eigenvalue weighted by molar-refractivity contribution is -0.566. The Morgan fingerprint density at radius 3 is 2.24 bits per heavy atom. The van der Waals surface area contributed by atoms with Crippen molar-refractivity contribution in [2.75, 3.05) is 14.2 Å². The van der Waals surface area contributed by atoms with Crippen LogP contribution in [-0.4, -0.2) is 19.0 Å². The zero-order valence-electron chi connectivity index (χ0n) is 20.0. The lowest BCUT2D eigenvalue weighted by atomic mass is 9.87. The van der Waals surface area contributed by atoms with E-state index in [-0.39, 0.29) is 17.7 Å². The molecule has 4 aromatic rings. The molecular formula is C27H28N2O5. The summed E-state index contributed by atoms with van der Waals surface area (Å²) in [7, 11) is 3.02. The molecule has 0 radical (unpaired) electrons. The second-order valence-corrected chi connectivity index (χ2v) is 9.02. The molecule has 4 rings (SSSR count). The smallest absolute Gasteiger partial charge is 0.357 e. The number of rotatable bonds is 6. The van der Waals surface area contributed by atoms with Crippen LogP contribution in [0.3, 0.4) is 0 Å². The summed E-state index contributed by atoms with van der Waals surface area (Å²) in [5.74, 6) is 0.915. The highest BCUT2D eigenvalue weighted by atomic mass is 16.7. The van der Waals surface area contributed by atoms with Crippen LogP contribution in [0.4, 0.5) is 0 Å². The third kappa shape index (κ3) is 4.29. The highest BCUT2D eigenvalue weighted by Gasteiger charge is 2.24. The van der Waals surface area contributed by atoms with Crippen molar-refractivity contribution in [3.63, 3.8) is 0 Å². The van der Waals surface area contributed by atoms with Crippen LogP contribution >= 0.6 is 0 Å². The monoisotopic (exact) mass is 460 g/mol. The van der Waals surface area contributed by atoms with Gasteiger partial charge in [0.05, 0.1) is 19.8 Å². The Balaban J connectivity index is 1.79. The lowest BCUT2D eigenvalue weighted by Gasteiger charge is -2.19. The van der Waals surface area contributed by atoms with Gasteiger partial charge in [-0.15, -0.1) is 4.73 Å². The van der Waals surface area contributed by atoms with Crippen LogP contribution in [0.25, 0.3) is 22.3 Å². The third-order valence-corrected chi connectivity index (χ3v) is 5.75. The molecule has 0 unspecified atom stereocenters. The summed E-state index contributed by atoms with van der Waals surface area (Å²) in [4.78, 5) is 19.5. The van der Waals surface area contributed by atoms with Crippen molar-refractivity contribution in [1.82, 2.24) is 4.73 Å². The largest absolute Gasteiger partial charge is 0.618 e. The minimum absolute atomic E-state index is 0.0437. The second-order valence-electron chi connectivity index (χ2n) is 9.02. The first-order valence-corrected chi connectivity index (χ1v) is 11.0. The summed E-state index contributed by atoms with van der Waals surface area (Å²) in [5, 5.41) is 13.2. The van der Waals surface area contributed by atoms with Gasteiger partial charge in [0.15, 0.2) is 17.0 Å². The minimum atomic E-state index is -0.563. The first kappa shape index (κ1) is 23.2. The fourth-order valence-electron chi connectivity index (χ4n) is 3.81. The van der Waals surface area contributed by atoms with E-state index in [0.29, 0.717) is 32.8 Å². The Morgan fingerprint density at radius 1 is 0.912 bits per heavy atom. The molecule has 0 saturated carbocycles. The molecule has 3 aromatic carbocycles. The quantitative estimate of drug-likeness (QED) is 0.318. The van der Waals surface area contributed by atoms with E-state index >= 15 is 0 Å². The molecule has 7 nitrogen and oxygen atoms in total. The van der Waals surface area contributed by atoms with Gasteiger partial charge in [-0.2, -0.15) is 4.73 Å². The van der Waals surface area contributed by atoms with E-state index in [1.807, 2.05) is 12.1 Å². The van der Waals surface area contributed by atoms with E-state index in [1.54, 1.807) is 42.5 Å². The molecule has 1 aromatic heterocycles. The van der Waals surface area contributed by atoms with E-state index in [1.165, 1.54) is 24.5 Å². The highest BCUT2D eigenvalue weighted by Crippen LogP contribution is 2.30. The molecule has 34 heavy (non-hydrogen) atoms. The molecule has 176 valence electrons. The summed E-state index contributed by atoms with van der Waals surface area (Å²) < 4.78 is 12.5. The highest BCUT2D eigenvalue weighted by molar-refractivity contribution is 5.73. The van der Waals surface area contributed by atoms with Gasteiger partial charge >= 0.3 is 5.56 Å². The van der Waals surface area contributed by atoms with Gasteiger partial charge in [0.1, 0.15) is 6.61 Å². The number of nitrogens with zero attached hydrogens (tertiary/aromatic N) is 2. The molecule has 0 spiro atoms. The maximum atomic E-state index is 13.5. The molecule has 0 bridgehead atoms. The number of fused-ring (bicyclic) bond motifs is 1. The van der Waals surface area contributed by atoms with Crippen LogP contribution in [0.5, 0.6) is 11.5 Å². The van der Waals surface area contributed by atoms with E-state index in [0.717, 1.165) is 5.56 Å². The third-order valence-electron chi connectivity index (χ3n) is 5.75. The fraction of sp³-hybridized carbons (Fsp3) is 0.259. The van der Waals surface area contributed by atoms with Gasteiger partial charge in [0, 0.05) is 6.07 Å². The maximum Gasteiger partial charge on any atom is 0.357 e. The number of aromatic nitrogens is 2. The molecule has 0 N–H and O–H groups in total. The van der Waals surface area contributed by atoms with Crippen molar-refractivity contribution < 1.29 is 19.0 Å². The number of methoxy groups -OCH3 is 2. The molecular weight excluding hydrogens is 432 g/mol. The van der Waals surface area contributed by atoms with Gasteiger partial charge in [0.25, 0.3) is 5.69 Å². The van der Waals surface area contributed by atoms with Gasteiger partial charge in [-0.3, -0.25) is 4.79 Å². The first-order chi connectivity index (χ1) is 16.2. The van der Waals surface area contributed by atoms with Gasteiger partial charge in [-0.25, -0.2) is 0 Å². The predicted molar refractivity (Wildman–Crippen MR) is 131 cm³/mol. The number of para-hydroxylation sites is 2. The molecule has 0 amide bonds. The van der Waals surface area contributed by atoms with Crippen LogP contribution in [0.2, 0.25) is 0 Å². The molecule has 1 heterocycles. The van der Waals surface area contributed by atoms with Gasteiger partial charge in [-0.1, -0.05) is 57.2 Å². The molecule has 0 aliphatic rings. The topological polar surface area (TPSA) is 76.6 Å². The van der Waals surface area contributed by atoms with Gasteiger partial charge in [-0.05, 0) is 40.8 Å². The predicted octanol–water partition coefficient (Wildman–Crippen LogP) is 4.25. The number of benzene rings is 3. The van der Waals surface area contributed by atoms with Crippen molar-refractivity contribution in [3.05, 3.63) is 93.4 Å². The Kier molecular flexibility index (Phi) is 6.20. The number of ether oxygens (including phenoxy) is 2. The van der Waals surface area contributed by atoms with Crippen LogP contribution < -0.4 is 24.6 Å². The Labute approximate surface area is 198 Å². The Hall–Kier alpha value is -4.00. The average Bonchev–Trinajstić information content (AvgIpc) is 2.83. The summed E-state index contributed by atoms with van der Waals surface area (Å²) in [6.45, 7) is 6.63. The molecule has 7 heteroatoms. The van der Waals surface area contributed by atoms with Crippen molar-refractivity contribution >= 4 is 11.0 Å². The van der Waals surface area contributed by atoms with Crippen molar-refractivity contribution in [3.8, 4) is 22.8 Å². The van der Waals surface area contributed by atoms with E-state index < -0.39 is 5.56 Å². The second kappa shape index (κ2) is 9.09. The Morgan fingerprint density at radius 2 is 1.59 bits per heavy atom. The van der Waals surface area contributed by atoms with Crippen LogP contribution in [0.1, 0.15) is 31.9 Å². The zero-order valence-corrected chi connectivity index (χ0v) is 20.0. The SMILES string of the molecule is COc1ccc(-c2c(=O)n(OCc3ccc(C(C)(C)C)cc3)c3ccccc3[n+]2[O-])cc1OC. The fourth-order valence-corrected chi connectivity index (χ4v) is 3.81. The standard InChI is InChI=1S/C27H28N2O5/c1-27(2,3)20-13-10-18(11-14-20)17-34-29-22-9-7-6-8-21(22)28(31)25(26(29)30)19-12-15-23(32-4)24(16-19)33-5/h6-16H,17H2,1-5H3. The van der Waals surface area contributed by atoms with E-state index in [4.69, 9.17) is 14.3 Å². The van der Waals surface area contributed by atoms with E-state index in [9.17, 15) is 10.0 Å². The summed E-state index contributed by atoms with van der Waals surface area (Å²) in [5.41, 5.74) is 2.64. The Bertz CT molecular complexity index is 1390. The van der Waals surface area contributed by atoms with Crippen LogP contribution in [0, 0.1) is 5.21 Å². The molecule has 0 aliphatic heterocycles. The number of hydrogen-bond donors (Lipinski definition) is 0. The number of hydrogen-bond acceptors (Lipinski definition) is 5. The summed E-state index contributed by atoms with van der Waals surface area (Å²) >= 11 is 0. The minimum Gasteiger partial charge on any atom is -0.618 e. The van der Waals surface area contributed by atoms with Gasteiger partial charge in [0.2, 0.25) is 5.52 Å². The van der Waals surface area contributed by atoms with Crippen LogP contribution in [0.15, 0.2) is 71.5 Å². The normalized spacial score (nSPS) is 11.4. The summed E-state index contributed by atoms with van der Waals surface area (Å²) in [6.07, 6.45) is 0. The van der Waals surface area contributed by atoms with Crippen molar-refractivity contribution in [2.24, 2.45) is 0 Å². The first-order valence-electron chi connectivity index (χ1n) is 11.0. The lowest BCUT2D eigenvalue weighted by Crippen LogP contribution is -2.42. The van der Waals surface area contributed by atoms with Crippen LogP contribution in [-0.2, 0) is 12.0 Å². The zero-order chi connectivity index (χ0) is 24.5. The molecule has 0 aliphatic carbocycles. The average molecular weight is 461 g/mol. The van der Waals surface area contributed by atoms with E-state index in [2.05, 4.69) is 32.9 Å². The molecule has 0 atom stereocenters.